The highest BCUT2D eigenvalue weighted by atomic mass is 19.4. The van der Waals surface area contributed by atoms with Crippen LogP contribution in [0.25, 0.3) is 11.1 Å². The minimum absolute atomic E-state index is 0.0306. The number of carbonyl (C=O) groups is 2. The van der Waals surface area contributed by atoms with Crippen LogP contribution in [0.3, 0.4) is 0 Å². The van der Waals surface area contributed by atoms with Crippen LogP contribution in [0.4, 0.5) is 13.2 Å². The summed E-state index contributed by atoms with van der Waals surface area (Å²) in [5, 5.41) is 0. The molecule has 0 N–H and O–H groups in total. The molecule has 130 valence electrons. The number of carbonyl (C=O) groups excluding carboxylic acids is 2. The van der Waals surface area contributed by atoms with E-state index in [0.29, 0.717) is 5.56 Å². The Morgan fingerprint density at radius 3 is 1.81 bits per heavy atom. The maximum absolute atomic E-state index is 12.9. The summed E-state index contributed by atoms with van der Waals surface area (Å²) in [6, 6.07) is 12.6. The fourth-order valence-electron chi connectivity index (χ4n) is 2.85. The maximum atomic E-state index is 12.9. The highest BCUT2D eigenvalue weighted by Gasteiger charge is 2.44. The molecule has 0 unspecified atom stereocenters. The van der Waals surface area contributed by atoms with Gasteiger partial charge in [-0.15, -0.1) is 0 Å². The lowest BCUT2D eigenvalue weighted by Gasteiger charge is -2.08. The molecule has 4 rings (SSSR count). The number of halogens is 3. The van der Waals surface area contributed by atoms with E-state index in [1.54, 1.807) is 30.3 Å². The topological polar surface area (TPSA) is 52.6 Å². The second-order valence-corrected chi connectivity index (χ2v) is 5.63. The van der Waals surface area contributed by atoms with Crippen LogP contribution in [0, 0.1) is 0 Å². The SMILES string of the molecule is O=C1OC2=C(c3cccc(C(F)(F)F)c3)C(=O)OC2=C1c1ccccc1. The Labute approximate surface area is 145 Å². The number of benzene rings is 2. The smallest absolute Gasteiger partial charge is 0.416 e. The van der Waals surface area contributed by atoms with E-state index in [-0.39, 0.29) is 28.2 Å². The third kappa shape index (κ3) is 2.48. The standard InChI is InChI=1S/C19H9F3O4/c20-19(21,22)12-8-4-7-11(9-12)14-16-15(25-18(14)24)13(17(23)26-16)10-5-2-1-3-6-10/h1-9H. The van der Waals surface area contributed by atoms with Crippen molar-refractivity contribution in [3.05, 3.63) is 82.8 Å². The van der Waals surface area contributed by atoms with E-state index in [4.69, 9.17) is 9.47 Å². The van der Waals surface area contributed by atoms with Crippen molar-refractivity contribution in [3.63, 3.8) is 0 Å². The van der Waals surface area contributed by atoms with Crippen LogP contribution in [-0.2, 0) is 25.2 Å². The quantitative estimate of drug-likeness (QED) is 0.763. The molecule has 0 atom stereocenters. The average Bonchev–Trinajstić information content (AvgIpc) is 3.07. The number of fused-ring (bicyclic) bond motifs is 1. The van der Waals surface area contributed by atoms with Crippen LogP contribution >= 0.6 is 0 Å². The second kappa shape index (κ2) is 5.59. The normalized spacial score (nSPS) is 16.7. The van der Waals surface area contributed by atoms with Crippen molar-refractivity contribution >= 4 is 23.1 Å². The van der Waals surface area contributed by atoms with Gasteiger partial charge in [-0.05, 0) is 23.3 Å². The van der Waals surface area contributed by atoms with Crippen LogP contribution in [0.5, 0.6) is 0 Å². The van der Waals surface area contributed by atoms with E-state index >= 15 is 0 Å². The molecule has 2 aromatic rings. The molecule has 0 saturated carbocycles. The predicted molar refractivity (Wildman–Crippen MR) is 83.9 cm³/mol. The van der Waals surface area contributed by atoms with E-state index < -0.39 is 23.7 Å². The third-order valence-corrected chi connectivity index (χ3v) is 4.00. The lowest BCUT2D eigenvalue weighted by Crippen LogP contribution is -2.07. The van der Waals surface area contributed by atoms with Gasteiger partial charge in [-0.1, -0.05) is 42.5 Å². The molecule has 0 amide bonds. The van der Waals surface area contributed by atoms with E-state index in [1.807, 2.05) is 0 Å². The fraction of sp³-hybridized carbons (Fsp3) is 0.0526. The predicted octanol–water partition coefficient (Wildman–Crippen LogP) is 3.94. The van der Waals surface area contributed by atoms with Crippen LogP contribution in [-0.4, -0.2) is 11.9 Å². The van der Waals surface area contributed by atoms with Crippen LogP contribution in [0.2, 0.25) is 0 Å². The summed E-state index contributed by atoms with van der Waals surface area (Å²) in [4.78, 5) is 24.5. The van der Waals surface area contributed by atoms with E-state index in [2.05, 4.69) is 0 Å². The molecule has 0 saturated heterocycles. The molecule has 0 radical (unpaired) electrons. The Morgan fingerprint density at radius 1 is 0.692 bits per heavy atom. The van der Waals surface area contributed by atoms with Crippen molar-refractivity contribution in [2.24, 2.45) is 0 Å². The summed E-state index contributed by atoms with van der Waals surface area (Å²) in [5.41, 5.74) is -0.597. The zero-order valence-corrected chi connectivity index (χ0v) is 13.0. The van der Waals surface area contributed by atoms with Gasteiger partial charge in [0.2, 0.25) is 0 Å². The van der Waals surface area contributed by atoms with Gasteiger partial charge >= 0.3 is 18.1 Å². The molecule has 4 nitrogen and oxygen atoms in total. The van der Waals surface area contributed by atoms with Crippen LogP contribution in [0.15, 0.2) is 66.1 Å². The molecule has 2 aliphatic rings. The van der Waals surface area contributed by atoms with Crippen molar-refractivity contribution in [3.8, 4) is 0 Å². The average molecular weight is 358 g/mol. The Kier molecular flexibility index (Phi) is 3.47. The summed E-state index contributed by atoms with van der Waals surface area (Å²) in [6.45, 7) is 0. The number of ether oxygens (including phenoxy) is 2. The molecule has 0 bridgehead atoms. The van der Waals surface area contributed by atoms with Crippen LogP contribution in [0.1, 0.15) is 16.7 Å². The second-order valence-electron chi connectivity index (χ2n) is 5.63. The summed E-state index contributed by atoms with van der Waals surface area (Å²) in [5.74, 6) is -1.81. The number of hydrogen-bond donors (Lipinski definition) is 0. The van der Waals surface area contributed by atoms with Gasteiger partial charge in [0.25, 0.3) is 0 Å². The van der Waals surface area contributed by atoms with Gasteiger partial charge in [0.1, 0.15) is 11.1 Å². The van der Waals surface area contributed by atoms with E-state index in [1.165, 1.54) is 12.1 Å². The Bertz CT molecular complexity index is 1000. The minimum Gasteiger partial charge on any atom is -0.418 e. The Morgan fingerprint density at radius 2 is 1.23 bits per heavy atom. The molecule has 0 fully saturated rings. The molecule has 7 heteroatoms. The first-order valence-corrected chi connectivity index (χ1v) is 7.52. The fourth-order valence-corrected chi connectivity index (χ4v) is 2.85. The lowest BCUT2D eigenvalue weighted by molar-refractivity contribution is -0.138. The first-order chi connectivity index (χ1) is 12.4. The van der Waals surface area contributed by atoms with Gasteiger partial charge in [0.05, 0.1) is 5.56 Å². The van der Waals surface area contributed by atoms with Gasteiger partial charge in [0, 0.05) is 0 Å². The minimum atomic E-state index is -4.57. The largest absolute Gasteiger partial charge is 0.418 e. The highest BCUT2D eigenvalue weighted by Crippen LogP contribution is 2.44. The van der Waals surface area contributed by atoms with Crippen molar-refractivity contribution in [2.45, 2.75) is 6.18 Å². The molecule has 2 aromatic carbocycles. The zero-order valence-electron chi connectivity index (χ0n) is 13.0. The van der Waals surface area contributed by atoms with Crippen LogP contribution < -0.4 is 0 Å². The Balaban J connectivity index is 1.88. The molecule has 0 spiro atoms. The van der Waals surface area contributed by atoms with Crippen molar-refractivity contribution in [2.75, 3.05) is 0 Å². The number of esters is 2. The van der Waals surface area contributed by atoms with Crippen molar-refractivity contribution < 1.29 is 32.2 Å². The molecule has 26 heavy (non-hydrogen) atoms. The lowest BCUT2D eigenvalue weighted by atomic mass is 10.0. The molecule has 2 heterocycles. The summed E-state index contributed by atoms with van der Waals surface area (Å²) >= 11 is 0. The van der Waals surface area contributed by atoms with Crippen molar-refractivity contribution in [1.29, 1.82) is 0 Å². The highest BCUT2D eigenvalue weighted by molar-refractivity contribution is 6.28. The van der Waals surface area contributed by atoms with Gasteiger partial charge in [-0.2, -0.15) is 13.2 Å². The third-order valence-electron chi connectivity index (χ3n) is 4.00. The molecule has 2 aliphatic heterocycles. The number of rotatable bonds is 2. The summed E-state index contributed by atoms with van der Waals surface area (Å²) < 4.78 is 49.1. The zero-order chi connectivity index (χ0) is 18.5. The first-order valence-electron chi connectivity index (χ1n) is 7.52. The van der Waals surface area contributed by atoms with Crippen molar-refractivity contribution in [1.82, 2.24) is 0 Å². The van der Waals surface area contributed by atoms with E-state index in [9.17, 15) is 22.8 Å². The van der Waals surface area contributed by atoms with Gasteiger partial charge in [0.15, 0.2) is 11.5 Å². The Hall–Kier alpha value is -3.35. The summed E-state index contributed by atoms with van der Waals surface area (Å²) in [7, 11) is 0. The van der Waals surface area contributed by atoms with Gasteiger partial charge in [-0.3, -0.25) is 0 Å². The monoisotopic (exact) mass is 358 g/mol. The van der Waals surface area contributed by atoms with Gasteiger partial charge in [-0.25, -0.2) is 9.59 Å². The molecular formula is C19H9F3O4. The number of alkyl halides is 3. The van der Waals surface area contributed by atoms with Gasteiger partial charge < -0.3 is 9.47 Å². The number of hydrogen-bond acceptors (Lipinski definition) is 4. The maximum Gasteiger partial charge on any atom is 0.416 e. The molecule has 0 aliphatic carbocycles. The summed E-state index contributed by atoms with van der Waals surface area (Å²) in [6.07, 6.45) is -4.57. The molecule has 0 aromatic heterocycles. The van der Waals surface area contributed by atoms with E-state index in [0.717, 1.165) is 12.1 Å². The molecular weight excluding hydrogens is 349 g/mol. The first kappa shape index (κ1) is 16.1.